The van der Waals surface area contributed by atoms with Gasteiger partial charge >= 0.3 is 0 Å². The van der Waals surface area contributed by atoms with Crippen molar-refractivity contribution in [3.63, 3.8) is 0 Å². The van der Waals surface area contributed by atoms with E-state index in [1.54, 1.807) is 0 Å². The molecule has 1 aromatic carbocycles. The molecule has 0 spiro atoms. The highest BCUT2D eigenvalue weighted by atomic mass is 79.9. The van der Waals surface area contributed by atoms with E-state index in [0.717, 1.165) is 23.7 Å². The van der Waals surface area contributed by atoms with Gasteiger partial charge in [-0.1, -0.05) is 48.8 Å². The van der Waals surface area contributed by atoms with Gasteiger partial charge in [0.1, 0.15) is 0 Å². The second-order valence-corrected chi connectivity index (χ2v) is 7.27. The molecule has 0 saturated heterocycles. The summed E-state index contributed by atoms with van der Waals surface area (Å²) in [5.41, 5.74) is 0.941. The van der Waals surface area contributed by atoms with Crippen molar-refractivity contribution in [2.24, 2.45) is 11.3 Å². The van der Waals surface area contributed by atoms with Crippen molar-refractivity contribution in [3.05, 3.63) is 34.3 Å². The van der Waals surface area contributed by atoms with Crippen LogP contribution in [0, 0.1) is 11.3 Å². The summed E-state index contributed by atoms with van der Waals surface area (Å²) in [6.07, 6.45) is 2.77. The SMILES string of the molecule is CC1CC(C)(C)CC1(O)Cc1cccc(Br)c1. The molecule has 0 aromatic heterocycles. The average Bonchev–Trinajstić information content (AvgIpc) is 2.34. The van der Waals surface area contributed by atoms with Gasteiger partial charge in [0.2, 0.25) is 0 Å². The molecule has 0 aliphatic heterocycles. The summed E-state index contributed by atoms with van der Waals surface area (Å²) in [5.74, 6) is 0.372. The van der Waals surface area contributed by atoms with Gasteiger partial charge in [-0.15, -0.1) is 0 Å². The summed E-state index contributed by atoms with van der Waals surface area (Å²) in [4.78, 5) is 0. The standard InChI is InChI=1S/C15H21BrO/c1-11-8-14(2,3)10-15(11,17)9-12-5-4-6-13(16)7-12/h4-7,11,17H,8-10H2,1-3H3. The molecular formula is C15H21BrO. The maximum atomic E-state index is 10.8. The third-order valence-electron chi connectivity index (χ3n) is 3.96. The van der Waals surface area contributed by atoms with E-state index in [4.69, 9.17) is 0 Å². The summed E-state index contributed by atoms with van der Waals surface area (Å²) in [6.45, 7) is 6.68. The zero-order chi connectivity index (χ0) is 12.7. The fourth-order valence-corrected chi connectivity index (χ4v) is 3.78. The number of benzene rings is 1. The van der Waals surface area contributed by atoms with Crippen molar-refractivity contribution >= 4 is 15.9 Å². The van der Waals surface area contributed by atoms with Crippen LogP contribution in [0.4, 0.5) is 0 Å². The number of hydrogen-bond acceptors (Lipinski definition) is 1. The Labute approximate surface area is 112 Å². The fraction of sp³-hybridized carbons (Fsp3) is 0.600. The summed E-state index contributed by atoms with van der Waals surface area (Å²) < 4.78 is 1.09. The van der Waals surface area contributed by atoms with Gasteiger partial charge in [-0.25, -0.2) is 0 Å². The molecule has 1 aromatic rings. The minimum Gasteiger partial charge on any atom is -0.389 e. The lowest BCUT2D eigenvalue weighted by molar-refractivity contribution is 0.00444. The Bertz CT molecular complexity index is 413. The third kappa shape index (κ3) is 2.92. The van der Waals surface area contributed by atoms with E-state index in [9.17, 15) is 5.11 Å². The second kappa shape index (κ2) is 4.40. The molecule has 1 aliphatic rings. The van der Waals surface area contributed by atoms with Crippen LogP contribution in [-0.4, -0.2) is 10.7 Å². The molecule has 1 N–H and O–H groups in total. The molecule has 0 amide bonds. The molecule has 1 fully saturated rings. The Hall–Kier alpha value is -0.340. The van der Waals surface area contributed by atoms with E-state index < -0.39 is 5.60 Å². The highest BCUT2D eigenvalue weighted by Gasteiger charge is 2.47. The highest BCUT2D eigenvalue weighted by molar-refractivity contribution is 9.10. The first kappa shape index (κ1) is 13.1. The summed E-state index contributed by atoms with van der Waals surface area (Å²) >= 11 is 3.49. The van der Waals surface area contributed by atoms with E-state index >= 15 is 0 Å². The molecule has 0 heterocycles. The Morgan fingerprint density at radius 1 is 1.41 bits per heavy atom. The third-order valence-corrected chi connectivity index (χ3v) is 4.45. The predicted molar refractivity (Wildman–Crippen MR) is 75.0 cm³/mol. The molecule has 2 rings (SSSR count). The van der Waals surface area contributed by atoms with Crippen molar-refractivity contribution in [2.75, 3.05) is 0 Å². The first-order valence-corrected chi connectivity index (χ1v) is 7.07. The summed E-state index contributed by atoms with van der Waals surface area (Å²) in [7, 11) is 0. The van der Waals surface area contributed by atoms with Crippen molar-refractivity contribution in [2.45, 2.75) is 45.6 Å². The van der Waals surface area contributed by atoms with Gasteiger partial charge in [-0.2, -0.15) is 0 Å². The molecule has 1 aliphatic carbocycles. The van der Waals surface area contributed by atoms with E-state index in [2.05, 4.69) is 48.8 Å². The fourth-order valence-electron chi connectivity index (χ4n) is 3.33. The van der Waals surface area contributed by atoms with E-state index in [1.807, 2.05) is 12.1 Å². The highest BCUT2D eigenvalue weighted by Crippen LogP contribution is 2.48. The van der Waals surface area contributed by atoms with Crippen molar-refractivity contribution in [3.8, 4) is 0 Å². The molecule has 2 unspecified atom stereocenters. The summed E-state index contributed by atoms with van der Waals surface area (Å²) in [6, 6.07) is 8.26. The van der Waals surface area contributed by atoms with Gasteiger partial charge in [0, 0.05) is 10.9 Å². The second-order valence-electron chi connectivity index (χ2n) is 6.36. The van der Waals surface area contributed by atoms with Gasteiger partial charge in [0.25, 0.3) is 0 Å². The van der Waals surface area contributed by atoms with Gasteiger partial charge in [-0.3, -0.25) is 0 Å². The molecular weight excluding hydrogens is 276 g/mol. The first-order chi connectivity index (χ1) is 7.81. The van der Waals surface area contributed by atoms with E-state index in [1.165, 1.54) is 5.56 Å². The maximum Gasteiger partial charge on any atom is 0.0718 e. The van der Waals surface area contributed by atoms with Crippen LogP contribution in [0.1, 0.15) is 39.2 Å². The lowest BCUT2D eigenvalue weighted by Gasteiger charge is -2.28. The van der Waals surface area contributed by atoms with Gasteiger partial charge in [-0.05, 0) is 41.9 Å². The minimum atomic E-state index is -0.537. The predicted octanol–water partition coefficient (Wildman–Crippen LogP) is 4.18. The lowest BCUT2D eigenvalue weighted by Crippen LogP contribution is -2.34. The van der Waals surface area contributed by atoms with Crippen LogP contribution in [0.3, 0.4) is 0 Å². The number of aliphatic hydroxyl groups is 1. The number of hydrogen-bond donors (Lipinski definition) is 1. The largest absolute Gasteiger partial charge is 0.389 e. The van der Waals surface area contributed by atoms with Crippen LogP contribution in [0.25, 0.3) is 0 Å². The summed E-state index contributed by atoms with van der Waals surface area (Å²) in [5, 5.41) is 10.8. The minimum absolute atomic E-state index is 0.264. The molecule has 2 atom stereocenters. The van der Waals surface area contributed by atoms with Crippen LogP contribution >= 0.6 is 15.9 Å². The van der Waals surface area contributed by atoms with Crippen molar-refractivity contribution < 1.29 is 5.11 Å². The molecule has 17 heavy (non-hydrogen) atoms. The zero-order valence-electron chi connectivity index (χ0n) is 10.8. The van der Waals surface area contributed by atoms with Crippen LogP contribution in [-0.2, 0) is 6.42 Å². The molecule has 2 heteroatoms. The van der Waals surface area contributed by atoms with Crippen LogP contribution in [0.5, 0.6) is 0 Å². The Morgan fingerprint density at radius 3 is 2.65 bits per heavy atom. The molecule has 0 bridgehead atoms. The van der Waals surface area contributed by atoms with E-state index in [-0.39, 0.29) is 5.41 Å². The number of halogens is 1. The molecule has 1 saturated carbocycles. The average molecular weight is 297 g/mol. The Balaban J connectivity index is 2.18. The number of rotatable bonds is 2. The van der Waals surface area contributed by atoms with Gasteiger partial charge in [0.15, 0.2) is 0 Å². The normalized spacial score (nSPS) is 31.7. The molecule has 1 nitrogen and oxygen atoms in total. The van der Waals surface area contributed by atoms with Gasteiger partial charge < -0.3 is 5.11 Å². The molecule has 94 valence electrons. The topological polar surface area (TPSA) is 20.2 Å². The van der Waals surface area contributed by atoms with Crippen molar-refractivity contribution in [1.82, 2.24) is 0 Å². The van der Waals surface area contributed by atoms with Crippen molar-refractivity contribution in [1.29, 1.82) is 0 Å². The van der Waals surface area contributed by atoms with Crippen LogP contribution in [0.15, 0.2) is 28.7 Å². The molecule has 0 radical (unpaired) electrons. The Kier molecular flexibility index (Phi) is 3.39. The maximum absolute atomic E-state index is 10.8. The monoisotopic (exact) mass is 296 g/mol. The lowest BCUT2D eigenvalue weighted by atomic mass is 9.84. The van der Waals surface area contributed by atoms with Gasteiger partial charge in [0.05, 0.1) is 5.60 Å². The van der Waals surface area contributed by atoms with Crippen LogP contribution in [0.2, 0.25) is 0 Å². The first-order valence-electron chi connectivity index (χ1n) is 6.28. The zero-order valence-corrected chi connectivity index (χ0v) is 12.4. The van der Waals surface area contributed by atoms with E-state index in [0.29, 0.717) is 5.92 Å². The Morgan fingerprint density at radius 2 is 2.12 bits per heavy atom. The smallest absolute Gasteiger partial charge is 0.0718 e. The quantitative estimate of drug-likeness (QED) is 0.868. The van der Waals surface area contributed by atoms with Crippen LogP contribution < -0.4 is 0 Å².